The minimum Gasteiger partial charge on any atom is -0.454 e. The molecule has 0 atom stereocenters. The molecule has 3 heteroatoms. The molecule has 3 rings (SSSR count). The van der Waals surface area contributed by atoms with Crippen LogP contribution in [0.15, 0.2) is 18.2 Å². The van der Waals surface area contributed by atoms with Crippen LogP contribution in [0.2, 0.25) is 0 Å². The first-order valence-corrected chi connectivity index (χ1v) is 4.87. The van der Waals surface area contributed by atoms with Crippen molar-refractivity contribution in [3.05, 3.63) is 23.8 Å². The highest BCUT2D eigenvalue weighted by molar-refractivity contribution is 5.48. The van der Waals surface area contributed by atoms with Gasteiger partial charge in [0.25, 0.3) is 0 Å². The van der Waals surface area contributed by atoms with Crippen molar-refractivity contribution in [2.45, 2.75) is 24.9 Å². The summed E-state index contributed by atoms with van der Waals surface area (Å²) in [5.74, 6) is 1.61. The molecule has 3 nitrogen and oxygen atoms in total. The lowest BCUT2D eigenvalue weighted by atomic mass is 10.1. The van der Waals surface area contributed by atoms with Crippen molar-refractivity contribution in [1.29, 1.82) is 0 Å². The number of hydrogen-bond donors (Lipinski definition) is 1. The van der Waals surface area contributed by atoms with Gasteiger partial charge in [-0.15, -0.1) is 0 Å². The Morgan fingerprint density at radius 2 is 2.14 bits per heavy atom. The summed E-state index contributed by atoms with van der Waals surface area (Å²) in [6.45, 7) is 0.296. The van der Waals surface area contributed by atoms with Crippen molar-refractivity contribution in [3.63, 3.8) is 0 Å². The van der Waals surface area contributed by atoms with Gasteiger partial charge in [-0.05, 0) is 18.9 Å². The van der Waals surface area contributed by atoms with Crippen LogP contribution < -0.4 is 9.47 Å². The molecule has 1 aromatic carbocycles. The predicted molar refractivity (Wildman–Crippen MR) is 50.5 cm³/mol. The van der Waals surface area contributed by atoms with Crippen molar-refractivity contribution < 1.29 is 14.6 Å². The Bertz CT molecular complexity index is 369. The number of ether oxygens (including phenoxy) is 2. The zero-order valence-corrected chi connectivity index (χ0v) is 7.82. The smallest absolute Gasteiger partial charge is 0.231 e. The Labute approximate surface area is 82.3 Å². The topological polar surface area (TPSA) is 38.7 Å². The van der Waals surface area contributed by atoms with Gasteiger partial charge in [0.05, 0.1) is 5.60 Å². The predicted octanol–water partition coefficient (Wildman–Crippen LogP) is 1.48. The molecule has 74 valence electrons. The van der Waals surface area contributed by atoms with Crippen LogP contribution in [0.3, 0.4) is 0 Å². The molecule has 0 saturated heterocycles. The van der Waals surface area contributed by atoms with E-state index in [2.05, 4.69) is 0 Å². The van der Waals surface area contributed by atoms with Crippen LogP contribution >= 0.6 is 0 Å². The molecule has 0 unspecified atom stereocenters. The van der Waals surface area contributed by atoms with Gasteiger partial charge < -0.3 is 14.6 Å². The van der Waals surface area contributed by atoms with E-state index >= 15 is 0 Å². The summed E-state index contributed by atoms with van der Waals surface area (Å²) in [5, 5.41) is 9.82. The average Bonchev–Trinajstić information content (AvgIpc) is 2.73. The molecule has 2 aliphatic rings. The van der Waals surface area contributed by atoms with Crippen LogP contribution in [0.1, 0.15) is 18.4 Å². The maximum absolute atomic E-state index is 9.82. The SMILES string of the molecule is OC1(Cc2cccc3c2OCO3)CC1. The molecule has 1 heterocycles. The van der Waals surface area contributed by atoms with E-state index < -0.39 is 5.60 Å². The van der Waals surface area contributed by atoms with Gasteiger partial charge in [0.15, 0.2) is 11.5 Å². The summed E-state index contributed by atoms with van der Waals surface area (Å²) in [4.78, 5) is 0. The fourth-order valence-corrected chi connectivity index (χ4v) is 1.81. The first-order chi connectivity index (χ1) is 6.77. The van der Waals surface area contributed by atoms with Gasteiger partial charge in [0.2, 0.25) is 6.79 Å². The lowest BCUT2D eigenvalue weighted by Gasteiger charge is -2.09. The molecule has 1 aliphatic carbocycles. The van der Waals surface area contributed by atoms with Crippen molar-refractivity contribution in [2.75, 3.05) is 6.79 Å². The van der Waals surface area contributed by atoms with Crippen molar-refractivity contribution in [2.24, 2.45) is 0 Å². The van der Waals surface area contributed by atoms with Gasteiger partial charge in [-0.2, -0.15) is 0 Å². The summed E-state index contributed by atoms with van der Waals surface area (Å²) >= 11 is 0. The number of hydrogen-bond acceptors (Lipinski definition) is 3. The molecule has 14 heavy (non-hydrogen) atoms. The molecule has 1 aliphatic heterocycles. The Balaban J connectivity index is 1.94. The van der Waals surface area contributed by atoms with Gasteiger partial charge in [-0.25, -0.2) is 0 Å². The van der Waals surface area contributed by atoms with E-state index in [4.69, 9.17) is 9.47 Å². The highest BCUT2D eigenvalue weighted by atomic mass is 16.7. The van der Waals surface area contributed by atoms with Crippen molar-refractivity contribution in [3.8, 4) is 11.5 Å². The fraction of sp³-hybridized carbons (Fsp3) is 0.455. The van der Waals surface area contributed by atoms with Crippen molar-refractivity contribution in [1.82, 2.24) is 0 Å². The molecule has 0 bridgehead atoms. The molecule has 1 saturated carbocycles. The number of benzene rings is 1. The molecular formula is C11H12O3. The molecule has 0 amide bonds. The lowest BCUT2D eigenvalue weighted by molar-refractivity contribution is 0.147. The zero-order chi connectivity index (χ0) is 9.60. The van der Waals surface area contributed by atoms with Crippen molar-refractivity contribution >= 4 is 0 Å². The number of rotatable bonds is 2. The molecule has 1 fully saturated rings. The number of fused-ring (bicyclic) bond motifs is 1. The van der Waals surface area contributed by atoms with Crippen LogP contribution in [0.25, 0.3) is 0 Å². The van der Waals surface area contributed by atoms with Crippen LogP contribution in [-0.2, 0) is 6.42 Å². The third kappa shape index (κ3) is 1.24. The average molecular weight is 192 g/mol. The first-order valence-electron chi connectivity index (χ1n) is 4.87. The summed E-state index contributed by atoms with van der Waals surface area (Å²) in [7, 11) is 0. The van der Waals surface area contributed by atoms with Crippen LogP contribution in [0, 0.1) is 0 Å². The Morgan fingerprint density at radius 3 is 2.93 bits per heavy atom. The Kier molecular flexibility index (Phi) is 1.53. The van der Waals surface area contributed by atoms with E-state index in [-0.39, 0.29) is 0 Å². The maximum atomic E-state index is 9.82. The minimum atomic E-state index is -0.471. The van der Waals surface area contributed by atoms with Crippen LogP contribution in [0.5, 0.6) is 11.5 Å². The highest BCUT2D eigenvalue weighted by Gasteiger charge is 2.41. The van der Waals surface area contributed by atoms with E-state index in [1.165, 1.54) is 0 Å². The molecule has 0 spiro atoms. The molecule has 0 radical (unpaired) electrons. The lowest BCUT2D eigenvalue weighted by Crippen LogP contribution is -2.11. The Hall–Kier alpha value is -1.22. The summed E-state index contributed by atoms with van der Waals surface area (Å²) in [6.07, 6.45) is 2.48. The van der Waals surface area contributed by atoms with E-state index in [1.807, 2.05) is 18.2 Å². The van der Waals surface area contributed by atoms with Crippen LogP contribution in [0.4, 0.5) is 0 Å². The standard InChI is InChI=1S/C11H12O3/c12-11(4-5-11)6-8-2-1-3-9-10(8)14-7-13-9/h1-3,12H,4-7H2. The highest BCUT2D eigenvalue weighted by Crippen LogP contribution is 2.43. The van der Waals surface area contributed by atoms with E-state index in [0.29, 0.717) is 13.2 Å². The second kappa shape index (κ2) is 2.64. The fourth-order valence-electron chi connectivity index (χ4n) is 1.81. The molecule has 0 aromatic heterocycles. The summed E-state index contributed by atoms with van der Waals surface area (Å²) in [6, 6.07) is 5.82. The van der Waals surface area contributed by atoms with Gasteiger partial charge in [0.1, 0.15) is 0 Å². The van der Waals surface area contributed by atoms with E-state index in [1.54, 1.807) is 0 Å². The summed E-state index contributed by atoms with van der Waals surface area (Å²) < 4.78 is 10.6. The monoisotopic (exact) mass is 192 g/mol. The Morgan fingerprint density at radius 1 is 1.29 bits per heavy atom. The van der Waals surface area contributed by atoms with Crippen LogP contribution in [-0.4, -0.2) is 17.5 Å². The molecule has 1 aromatic rings. The third-order valence-electron chi connectivity index (χ3n) is 2.82. The molecule has 1 N–H and O–H groups in total. The van der Waals surface area contributed by atoms with Gasteiger partial charge in [-0.3, -0.25) is 0 Å². The third-order valence-corrected chi connectivity index (χ3v) is 2.82. The normalized spacial score (nSPS) is 20.9. The summed E-state index contributed by atoms with van der Waals surface area (Å²) in [5.41, 5.74) is 0.584. The van der Waals surface area contributed by atoms with E-state index in [9.17, 15) is 5.11 Å². The number of aliphatic hydroxyl groups is 1. The largest absolute Gasteiger partial charge is 0.454 e. The first kappa shape index (κ1) is 8.12. The maximum Gasteiger partial charge on any atom is 0.231 e. The van der Waals surface area contributed by atoms with Gasteiger partial charge >= 0.3 is 0 Å². The number of para-hydroxylation sites is 1. The van der Waals surface area contributed by atoms with E-state index in [0.717, 1.165) is 29.9 Å². The second-order valence-electron chi connectivity index (χ2n) is 4.05. The van der Waals surface area contributed by atoms with Gasteiger partial charge in [0, 0.05) is 12.0 Å². The second-order valence-corrected chi connectivity index (χ2v) is 4.05. The molecular weight excluding hydrogens is 180 g/mol. The minimum absolute atomic E-state index is 0.296. The van der Waals surface area contributed by atoms with Gasteiger partial charge in [-0.1, -0.05) is 12.1 Å². The zero-order valence-electron chi connectivity index (χ0n) is 7.82. The quantitative estimate of drug-likeness (QED) is 0.771.